The Morgan fingerprint density at radius 3 is 2.81 bits per heavy atom. The summed E-state index contributed by atoms with van der Waals surface area (Å²) in [4.78, 5) is 21.1. The molecule has 0 saturated carbocycles. The van der Waals surface area contributed by atoms with Crippen molar-refractivity contribution < 1.29 is 4.74 Å². The SMILES string of the molecule is N#CC1CCCCN1CCOc1ccc2[nH]c(-c3cc4ccccc4[nH]c3=O)cc2c1. The number of aromatic nitrogens is 2. The van der Waals surface area contributed by atoms with E-state index in [0.717, 1.165) is 65.6 Å². The lowest BCUT2D eigenvalue weighted by atomic mass is 10.0. The van der Waals surface area contributed by atoms with Crippen LogP contribution >= 0.6 is 0 Å². The molecule has 1 saturated heterocycles. The van der Waals surface area contributed by atoms with Crippen molar-refractivity contribution in [2.45, 2.75) is 25.3 Å². The second-order valence-electron chi connectivity index (χ2n) is 8.06. The minimum atomic E-state index is -0.115. The number of fused-ring (bicyclic) bond motifs is 2. The number of piperidine rings is 1. The fourth-order valence-electron chi connectivity index (χ4n) is 4.38. The number of aromatic amines is 2. The molecule has 1 unspecified atom stereocenters. The Morgan fingerprint density at radius 2 is 1.90 bits per heavy atom. The first-order valence-electron chi connectivity index (χ1n) is 10.7. The maximum absolute atomic E-state index is 12.6. The van der Waals surface area contributed by atoms with Gasteiger partial charge in [-0.1, -0.05) is 18.2 Å². The molecule has 4 aromatic rings. The zero-order valence-electron chi connectivity index (χ0n) is 17.2. The summed E-state index contributed by atoms with van der Waals surface area (Å²) in [5.41, 5.74) is 3.07. The molecule has 0 spiro atoms. The van der Waals surface area contributed by atoms with Crippen molar-refractivity contribution in [3.05, 3.63) is 65.0 Å². The Hall–Kier alpha value is -3.56. The number of hydrogen-bond donors (Lipinski definition) is 2. The maximum Gasteiger partial charge on any atom is 0.257 e. The normalized spacial score (nSPS) is 17.1. The molecule has 1 aliphatic heterocycles. The highest BCUT2D eigenvalue weighted by Crippen LogP contribution is 2.27. The van der Waals surface area contributed by atoms with Gasteiger partial charge in [0, 0.05) is 23.0 Å². The number of nitriles is 1. The average molecular weight is 412 g/mol. The largest absolute Gasteiger partial charge is 0.492 e. The zero-order chi connectivity index (χ0) is 21.2. The first-order chi connectivity index (χ1) is 15.2. The number of hydrogen-bond acceptors (Lipinski definition) is 4. The highest BCUT2D eigenvalue weighted by molar-refractivity contribution is 5.89. The number of nitrogens with zero attached hydrogens (tertiary/aromatic N) is 2. The lowest BCUT2D eigenvalue weighted by molar-refractivity contribution is 0.152. The molecule has 2 aromatic heterocycles. The fourth-order valence-corrected chi connectivity index (χ4v) is 4.38. The fraction of sp³-hybridized carbons (Fsp3) is 0.280. The monoisotopic (exact) mass is 412 g/mol. The van der Waals surface area contributed by atoms with E-state index in [1.54, 1.807) is 0 Å². The lowest BCUT2D eigenvalue weighted by Gasteiger charge is -2.30. The molecule has 1 aliphatic rings. The van der Waals surface area contributed by atoms with Crippen molar-refractivity contribution in [1.29, 1.82) is 5.26 Å². The van der Waals surface area contributed by atoms with Gasteiger partial charge in [-0.05, 0) is 67.6 Å². The Morgan fingerprint density at radius 1 is 1.03 bits per heavy atom. The van der Waals surface area contributed by atoms with Crippen LogP contribution in [0, 0.1) is 11.3 Å². The number of rotatable bonds is 5. The van der Waals surface area contributed by atoms with Crippen molar-refractivity contribution in [2.75, 3.05) is 19.7 Å². The molecular formula is C25H24N4O2. The van der Waals surface area contributed by atoms with Crippen LogP contribution in [0.25, 0.3) is 33.1 Å². The van der Waals surface area contributed by atoms with Crippen LogP contribution in [-0.4, -0.2) is 40.6 Å². The standard InChI is InChI=1S/C25H24N4O2/c26-16-19-6-3-4-10-29(19)11-12-31-20-8-9-23-18(13-20)15-24(27-23)21-14-17-5-1-2-7-22(17)28-25(21)30/h1-2,5,7-9,13-15,19,27H,3-4,6,10-12H2,(H,28,30). The summed E-state index contributed by atoms with van der Waals surface area (Å²) in [5.74, 6) is 0.788. The van der Waals surface area contributed by atoms with E-state index >= 15 is 0 Å². The molecule has 3 heterocycles. The van der Waals surface area contributed by atoms with Crippen LogP contribution in [0.4, 0.5) is 0 Å². The van der Waals surface area contributed by atoms with Crippen LogP contribution in [0.2, 0.25) is 0 Å². The van der Waals surface area contributed by atoms with Crippen molar-refractivity contribution in [2.24, 2.45) is 0 Å². The molecule has 156 valence electrons. The number of nitrogens with one attached hydrogen (secondary N) is 2. The summed E-state index contributed by atoms with van der Waals surface area (Å²) in [6.45, 7) is 2.26. The maximum atomic E-state index is 12.6. The Bertz CT molecular complexity index is 1330. The third-order valence-electron chi connectivity index (χ3n) is 6.05. The van der Waals surface area contributed by atoms with Gasteiger partial charge in [-0.2, -0.15) is 5.26 Å². The van der Waals surface area contributed by atoms with E-state index in [-0.39, 0.29) is 11.6 Å². The van der Waals surface area contributed by atoms with Gasteiger partial charge in [0.05, 0.1) is 23.4 Å². The molecular weight excluding hydrogens is 388 g/mol. The predicted molar refractivity (Wildman–Crippen MR) is 122 cm³/mol. The van der Waals surface area contributed by atoms with Crippen LogP contribution in [0.5, 0.6) is 5.75 Å². The number of benzene rings is 2. The van der Waals surface area contributed by atoms with E-state index in [2.05, 4.69) is 20.9 Å². The van der Waals surface area contributed by atoms with Crippen LogP contribution in [-0.2, 0) is 0 Å². The molecule has 1 fully saturated rings. The molecule has 2 N–H and O–H groups in total. The number of pyridine rings is 1. The average Bonchev–Trinajstić information content (AvgIpc) is 3.22. The molecule has 2 aromatic carbocycles. The molecule has 0 amide bonds. The van der Waals surface area contributed by atoms with Gasteiger partial charge >= 0.3 is 0 Å². The van der Waals surface area contributed by atoms with Crippen LogP contribution in [0.3, 0.4) is 0 Å². The van der Waals surface area contributed by atoms with Crippen LogP contribution < -0.4 is 10.3 Å². The van der Waals surface area contributed by atoms with E-state index in [4.69, 9.17) is 4.74 Å². The van der Waals surface area contributed by atoms with E-state index in [1.165, 1.54) is 0 Å². The Balaban J connectivity index is 1.34. The van der Waals surface area contributed by atoms with Crippen LogP contribution in [0.15, 0.2) is 59.4 Å². The first kappa shape index (κ1) is 19.4. The summed E-state index contributed by atoms with van der Waals surface area (Å²) in [5, 5.41) is 11.3. The number of likely N-dealkylation sites (tertiary alicyclic amines) is 1. The molecule has 31 heavy (non-hydrogen) atoms. The zero-order valence-corrected chi connectivity index (χ0v) is 17.2. The number of H-pyrrole nitrogens is 2. The van der Waals surface area contributed by atoms with E-state index < -0.39 is 0 Å². The Labute approximate surface area is 180 Å². The smallest absolute Gasteiger partial charge is 0.257 e. The molecule has 6 nitrogen and oxygen atoms in total. The second kappa shape index (κ2) is 8.29. The molecule has 5 rings (SSSR count). The summed E-state index contributed by atoms with van der Waals surface area (Å²) in [7, 11) is 0. The summed E-state index contributed by atoms with van der Waals surface area (Å²) in [6.07, 6.45) is 3.22. The first-order valence-corrected chi connectivity index (χ1v) is 10.7. The summed E-state index contributed by atoms with van der Waals surface area (Å²) < 4.78 is 5.97. The topological polar surface area (TPSA) is 84.9 Å². The minimum Gasteiger partial charge on any atom is -0.492 e. The number of para-hydroxylation sites is 1. The van der Waals surface area contributed by atoms with Gasteiger partial charge in [-0.15, -0.1) is 0 Å². The minimum absolute atomic E-state index is 0.00658. The highest BCUT2D eigenvalue weighted by Gasteiger charge is 2.21. The van der Waals surface area contributed by atoms with Gasteiger partial charge in [-0.25, -0.2) is 0 Å². The third kappa shape index (κ3) is 3.92. The van der Waals surface area contributed by atoms with Crippen molar-refractivity contribution in [3.8, 4) is 23.1 Å². The quantitative estimate of drug-likeness (QED) is 0.508. The van der Waals surface area contributed by atoms with Gasteiger partial charge in [-0.3, -0.25) is 9.69 Å². The van der Waals surface area contributed by atoms with Gasteiger partial charge in [0.15, 0.2) is 0 Å². The lowest BCUT2D eigenvalue weighted by Crippen LogP contribution is -2.40. The van der Waals surface area contributed by atoms with Crippen LogP contribution in [0.1, 0.15) is 19.3 Å². The predicted octanol–water partition coefficient (Wildman–Crippen LogP) is 4.43. The van der Waals surface area contributed by atoms with Crippen molar-refractivity contribution in [1.82, 2.24) is 14.9 Å². The van der Waals surface area contributed by atoms with Crippen molar-refractivity contribution >= 4 is 21.8 Å². The van der Waals surface area contributed by atoms with E-state index in [1.807, 2.05) is 54.6 Å². The van der Waals surface area contributed by atoms with Gasteiger partial charge in [0.1, 0.15) is 12.4 Å². The molecule has 1 atom stereocenters. The molecule has 6 heteroatoms. The second-order valence-corrected chi connectivity index (χ2v) is 8.06. The van der Waals surface area contributed by atoms with Gasteiger partial charge in [0.2, 0.25) is 0 Å². The van der Waals surface area contributed by atoms with Gasteiger partial charge < -0.3 is 14.7 Å². The molecule has 0 aliphatic carbocycles. The third-order valence-corrected chi connectivity index (χ3v) is 6.05. The molecule has 0 radical (unpaired) electrons. The molecule has 0 bridgehead atoms. The summed E-state index contributed by atoms with van der Waals surface area (Å²) in [6, 6.07) is 20.0. The summed E-state index contributed by atoms with van der Waals surface area (Å²) >= 11 is 0. The van der Waals surface area contributed by atoms with E-state index in [0.29, 0.717) is 12.2 Å². The van der Waals surface area contributed by atoms with Gasteiger partial charge in [0.25, 0.3) is 5.56 Å². The highest BCUT2D eigenvalue weighted by atomic mass is 16.5. The Kier molecular flexibility index (Phi) is 5.19. The van der Waals surface area contributed by atoms with E-state index in [9.17, 15) is 10.1 Å². The number of ether oxygens (including phenoxy) is 1. The van der Waals surface area contributed by atoms with Crippen molar-refractivity contribution in [3.63, 3.8) is 0 Å².